The van der Waals surface area contributed by atoms with E-state index in [9.17, 15) is 14.7 Å². The molecule has 138 valence electrons. The van der Waals surface area contributed by atoms with E-state index >= 15 is 0 Å². The van der Waals surface area contributed by atoms with Gasteiger partial charge in [-0.05, 0) is 36.6 Å². The molecule has 2 atom stereocenters. The number of benzene rings is 1. The second kappa shape index (κ2) is 9.93. The summed E-state index contributed by atoms with van der Waals surface area (Å²) in [5.41, 5.74) is 1.63. The quantitative estimate of drug-likeness (QED) is 0.384. The van der Waals surface area contributed by atoms with Crippen LogP contribution in [0.15, 0.2) is 24.8 Å². The van der Waals surface area contributed by atoms with Crippen molar-refractivity contribution in [2.24, 2.45) is 5.92 Å². The summed E-state index contributed by atoms with van der Waals surface area (Å²) in [6.07, 6.45) is -0.935. The van der Waals surface area contributed by atoms with Crippen LogP contribution in [-0.4, -0.2) is 59.4 Å². The van der Waals surface area contributed by atoms with Gasteiger partial charge in [-0.1, -0.05) is 13.5 Å². The van der Waals surface area contributed by atoms with Crippen LogP contribution in [0, 0.1) is 5.92 Å². The lowest BCUT2D eigenvalue weighted by molar-refractivity contribution is 0.0942. The van der Waals surface area contributed by atoms with Crippen LogP contribution in [0.5, 0.6) is 0 Å². The first-order valence-electron chi connectivity index (χ1n) is 8.05. The van der Waals surface area contributed by atoms with E-state index in [1.54, 1.807) is 19.1 Å². The number of aliphatic hydroxyl groups excluding tert-OH is 3. The van der Waals surface area contributed by atoms with Gasteiger partial charge in [-0.15, -0.1) is 0 Å². The Bertz CT molecular complexity index is 586. The Balaban J connectivity index is 2.98. The van der Waals surface area contributed by atoms with Crippen LogP contribution >= 0.6 is 0 Å². The van der Waals surface area contributed by atoms with Crippen molar-refractivity contribution >= 4 is 17.4 Å². The predicted molar refractivity (Wildman–Crippen MR) is 95.2 cm³/mol. The van der Waals surface area contributed by atoms with E-state index in [2.05, 4.69) is 17.2 Å². The summed E-state index contributed by atoms with van der Waals surface area (Å²) >= 11 is 0. The largest absolute Gasteiger partial charge is 0.396 e. The molecule has 1 aromatic carbocycles. The summed E-state index contributed by atoms with van der Waals surface area (Å²) in [7, 11) is 0. The molecule has 1 amide bonds. The third-order valence-corrected chi connectivity index (χ3v) is 3.63. The number of carbonyl (C=O) groups is 2. The molecule has 0 aliphatic rings. The number of amides is 1. The number of aliphatic hydroxyl groups is 3. The number of nitrogens with one attached hydrogen (secondary N) is 2. The third-order valence-electron chi connectivity index (χ3n) is 3.63. The Morgan fingerprint density at radius 1 is 1.04 bits per heavy atom. The molecule has 0 aliphatic carbocycles. The maximum absolute atomic E-state index is 12.3. The molecule has 2 unspecified atom stereocenters. The molecule has 0 radical (unpaired) electrons. The minimum absolute atomic E-state index is 0.0348. The fourth-order valence-corrected chi connectivity index (χ4v) is 1.98. The molecule has 0 bridgehead atoms. The van der Waals surface area contributed by atoms with E-state index in [-0.39, 0.29) is 37.4 Å². The molecule has 0 aliphatic heterocycles. The number of hydrogen-bond acceptors (Lipinski definition) is 6. The summed E-state index contributed by atoms with van der Waals surface area (Å²) in [6, 6.07) is 4.70. The van der Waals surface area contributed by atoms with Gasteiger partial charge in [0.05, 0.1) is 12.7 Å². The molecule has 1 aromatic rings. The second-order valence-corrected chi connectivity index (χ2v) is 6.05. The predicted octanol–water partition coefficient (Wildman–Crippen LogP) is 0.161. The highest BCUT2D eigenvalue weighted by atomic mass is 16.3. The Hall–Kier alpha value is -2.22. The molecule has 0 fully saturated rings. The Morgan fingerprint density at radius 2 is 1.64 bits per heavy atom. The van der Waals surface area contributed by atoms with Crippen LogP contribution in [0.3, 0.4) is 0 Å². The zero-order chi connectivity index (χ0) is 19.0. The van der Waals surface area contributed by atoms with Gasteiger partial charge in [0, 0.05) is 36.5 Å². The molecule has 0 saturated carbocycles. The van der Waals surface area contributed by atoms with Gasteiger partial charge in [0.2, 0.25) is 0 Å². The number of rotatable bonds is 10. The molecular weight excluding hydrogens is 324 g/mol. The van der Waals surface area contributed by atoms with E-state index in [1.165, 1.54) is 13.0 Å². The standard InChI is InChI=1S/C18H26N2O5/c1-11(9-21)7-20-18(25)16-5-14(4-15(6-16)13(3)23)12(2)19-8-17(24)10-22/h4-6,11,17,19,21-22,24H,2,7-10H2,1,3H3,(H,20,25). The van der Waals surface area contributed by atoms with Crippen molar-refractivity contribution in [3.8, 4) is 0 Å². The van der Waals surface area contributed by atoms with E-state index in [4.69, 9.17) is 10.2 Å². The normalized spacial score (nSPS) is 13.0. The molecule has 1 rings (SSSR count). The van der Waals surface area contributed by atoms with Gasteiger partial charge in [-0.2, -0.15) is 0 Å². The molecule has 0 saturated heterocycles. The first-order chi connectivity index (χ1) is 11.8. The molecular formula is C18H26N2O5. The fourth-order valence-electron chi connectivity index (χ4n) is 1.98. The molecule has 7 nitrogen and oxygen atoms in total. The van der Waals surface area contributed by atoms with Crippen molar-refractivity contribution in [2.45, 2.75) is 20.0 Å². The van der Waals surface area contributed by atoms with Crippen molar-refractivity contribution in [1.82, 2.24) is 10.6 Å². The summed E-state index contributed by atoms with van der Waals surface area (Å²) in [6.45, 7) is 7.03. The van der Waals surface area contributed by atoms with Gasteiger partial charge in [0.25, 0.3) is 5.91 Å². The third kappa shape index (κ3) is 6.66. The highest BCUT2D eigenvalue weighted by Crippen LogP contribution is 2.17. The van der Waals surface area contributed by atoms with Crippen LogP contribution in [0.1, 0.15) is 40.1 Å². The van der Waals surface area contributed by atoms with Gasteiger partial charge in [-0.25, -0.2) is 0 Å². The maximum Gasteiger partial charge on any atom is 0.251 e. The van der Waals surface area contributed by atoms with Crippen molar-refractivity contribution in [2.75, 3.05) is 26.3 Å². The van der Waals surface area contributed by atoms with Crippen LogP contribution in [0.25, 0.3) is 5.70 Å². The van der Waals surface area contributed by atoms with E-state index in [0.29, 0.717) is 28.9 Å². The van der Waals surface area contributed by atoms with Crippen molar-refractivity contribution in [3.63, 3.8) is 0 Å². The summed E-state index contributed by atoms with van der Waals surface area (Å²) in [5, 5.41) is 32.8. The van der Waals surface area contributed by atoms with E-state index < -0.39 is 6.10 Å². The van der Waals surface area contributed by atoms with Crippen molar-refractivity contribution in [3.05, 3.63) is 41.5 Å². The second-order valence-electron chi connectivity index (χ2n) is 6.05. The highest BCUT2D eigenvalue weighted by molar-refractivity contribution is 6.00. The Morgan fingerprint density at radius 3 is 2.20 bits per heavy atom. The lowest BCUT2D eigenvalue weighted by Crippen LogP contribution is -2.30. The average Bonchev–Trinajstić information content (AvgIpc) is 2.62. The van der Waals surface area contributed by atoms with Crippen molar-refractivity contribution < 1.29 is 24.9 Å². The van der Waals surface area contributed by atoms with Gasteiger partial charge in [0.1, 0.15) is 0 Å². The monoisotopic (exact) mass is 350 g/mol. The van der Waals surface area contributed by atoms with Crippen molar-refractivity contribution in [1.29, 1.82) is 0 Å². The van der Waals surface area contributed by atoms with Crippen LogP contribution in [-0.2, 0) is 0 Å². The number of ketones is 1. The lowest BCUT2D eigenvalue weighted by atomic mass is 10.0. The average molecular weight is 350 g/mol. The maximum atomic E-state index is 12.3. The first-order valence-corrected chi connectivity index (χ1v) is 8.05. The van der Waals surface area contributed by atoms with E-state index in [1.807, 2.05) is 0 Å². The number of hydrogen-bond donors (Lipinski definition) is 5. The van der Waals surface area contributed by atoms with Gasteiger partial charge in [-0.3, -0.25) is 9.59 Å². The molecule has 5 N–H and O–H groups in total. The topological polar surface area (TPSA) is 119 Å². The summed E-state index contributed by atoms with van der Waals surface area (Å²) in [4.78, 5) is 24.0. The Labute approximate surface area is 147 Å². The van der Waals surface area contributed by atoms with Crippen LogP contribution < -0.4 is 10.6 Å². The lowest BCUT2D eigenvalue weighted by Gasteiger charge is -2.15. The summed E-state index contributed by atoms with van der Waals surface area (Å²) < 4.78 is 0. The molecule has 7 heteroatoms. The van der Waals surface area contributed by atoms with Gasteiger partial charge in [0.15, 0.2) is 5.78 Å². The zero-order valence-electron chi connectivity index (χ0n) is 14.6. The smallest absolute Gasteiger partial charge is 0.251 e. The minimum Gasteiger partial charge on any atom is -0.396 e. The zero-order valence-corrected chi connectivity index (χ0v) is 14.6. The molecule has 25 heavy (non-hydrogen) atoms. The molecule has 0 aromatic heterocycles. The van der Waals surface area contributed by atoms with E-state index in [0.717, 1.165) is 0 Å². The van der Waals surface area contributed by atoms with Gasteiger partial charge >= 0.3 is 0 Å². The van der Waals surface area contributed by atoms with Crippen LogP contribution in [0.4, 0.5) is 0 Å². The first kappa shape index (κ1) is 20.8. The SMILES string of the molecule is C=C(NCC(O)CO)c1cc(C(C)=O)cc(C(=O)NCC(C)CO)c1. The fraction of sp³-hybridized carbons (Fsp3) is 0.444. The molecule has 0 spiro atoms. The van der Waals surface area contributed by atoms with Gasteiger partial charge < -0.3 is 26.0 Å². The minimum atomic E-state index is -0.935. The molecule has 0 heterocycles. The summed E-state index contributed by atoms with van der Waals surface area (Å²) in [5.74, 6) is -0.619. The van der Waals surface area contributed by atoms with Crippen LogP contribution in [0.2, 0.25) is 0 Å². The number of Topliss-reactive ketones (excluding diaryl/α,β-unsaturated/α-hetero) is 1. The highest BCUT2D eigenvalue weighted by Gasteiger charge is 2.13. The number of carbonyl (C=O) groups excluding carboxylic acids is 2. The Kier molecular flexibility index (Phi) is 8.27.